The molecule has 4 rings (SSSR count). The first-order valence-corrected chi connectivity index (χ1v) is 12.3. The SMILES string of the molecule is CCOC(=O)c1ccc(-n2cc(C(=O)O)c3cc(NC(=O)CCCC(=O)c4cccs4)ccc32)cc1. The van der Waals surface area contributed by atoms with Crippen LogP contribution in [0.2, 0.25) is 0 Å². The minimum atomic E-state index is -1.10. The lowest BCUT2D eigenvalue weighted by atomic mass is 10.1. The molecule has 0 spiro atoms. The quantitative estimate of drug-likeness (QED) is 0.216. The number of hydrogen-bond acceptors (Lipinski definition) is 6. The van der Waals surface area contributed by atoms with Crippen molar-refractivity contribution in [1.82, 2.24) is 4.57 Å². The summed E-state index contributed by atoms with van der Waals surface area (Å²) in [6.45, 7) is 2.01. The number of amides is 1. The number of nitrogens with one attached hydrogen (secondary N) is 1. The van der Waals surface area contributed by atoms with Gasteiger partial charge in [-0.1, -0.05) is 6.07 Å². The summed E-state index contributed by atoms with van der Waals surface area (Å²) in [5, 5.41) is 14.8. The molecule has 184 valence electrons. The molecule has 4 aromatic rings. The van der Waals surface area contributed by atoms with Gasteiger partial charge in [0.05, 0.1) is 28.1 Å². The van der Waals surface area contributed by atoms with E-state index in [4.69, 9.17) is 4.74 Å². The van der Waals surface area contributed by atoms with Crippen molar-refractivity contribution < 1.29 is 29.0 Å². The fourth-order valence-corrected chi connectivity index (χ4v) is 4.55. The van der Waals surface area contributed by atoms with Gasteiger partial charge in [-0.3, -0.25) is 9.59 Å². The maximum absolute atomic E-state index is 12.4. The molecule has 0 fully saturated rings. The zero-order valence-electron chi connectivity index (χ0n) is 19.5. The molecule has 1 amide bonds. The van der Waals surface area contributed by atoms with Gasteiger partial charge in [-0.15, -0.1) is 11.3 Å². The Balaban J connectivity index is 1.50. The second kappa shape index (κ2) is 11.0. The van der Waals surface area contributed by atoms with Gasteiger partial charge in [0.2, 0.25) is 5.91 Å². The topological polar surface area (TPSA) is 115 Å². The van der Waals surface area contributed by atoms with Gasteiger partial charge in [-0.05, 0) is 67.3 Å². The lowest BCUT2D eigenvalue weighted by Crippen LogP contribution is -2.12. The summed E-state index contributed by atoms with van der Waals surface area (Å²) in [6, 6.07) is 15.3. The molecule has 9 heteroatoms. The third-order valence-corrected chi connectivity index (χ3v) is 6.49. The maximum Gasteiger partial charge on any atom is 0.338 e. The summed E-state index contributed by atoms with van der Waals surface area (Å²) in [7, 11) is 0. The van der Waals surface area contributed by atoms with E-state index in [9.17, 15) is 24.3 Å². The number of anilines is 1. The smallest absolute Gasteiger partial charge is 0.338 e. The number of benzene rings is 2. The number of carboxylic acids is 1. The van der Waals surface area contributed by atoms with Gasteiger partial charge in [-0.25, -0.2) is 9.59 Å². The zero-order valence-corrected chi connectivity index (χ0v) is 20.3. The number of aromatic nitrogens is 1. The Bertz CT molecular complexity index is 1420. The summed E-state index contributed by atoms with van der Waals surface area (Å²) in [6.07, 6.45) is 2.39. The van der Waals surface area contributed by atoms with Crippen molar-refractivity contribution in [3.05, 3.63) is 82.2 Å². The number of rotatable bonds is 10. The van der Waals surface area contributed by atoms with E-state index in [0.29, 0.717) is 39.1 Å². The van der Waals surface area contributed by atoms with Crippen molar-refractivity contribution in [1.29, 1.82) is 0 Å². The molecule has 8 nitrogen and oxygen atoms in total. The number of fused-ring (bicyclic) bond motifs is 1. The van der Waals surface area contributed by atoms with Gasteiger partial charge in [0.15, 0.2) is 5.78 Å². The second-order valence-corrected chi connectivity index (χ2v) is 8.97. The van der Waals surface area contributed by atoms with Crippen molar-refractivity contribution in [2.75, 3.05) is 11.9 Å². The molecule has 0 aliphatic carbocycles. The van der Waals surface area contributed by atoms with Crippen LogP contribution >= 0.6 is 11.3 Å². The Hall–Kier alpha value is -4.24. The molecule has 0 bridgehead atoms. The first kappa shape index (κ1) is 24.9. The minimum absolute atomic E-state index is 0.0157. The van der Waals surface area contributed by atoms with E-state index < -0.39 is 11.9 Å². The highest BCUT2D eigenvalue weighted by molar-refractivity contribution is 7.12. The highest BCUT2D eigenvalue weighted by Gasteiger charge is 2.17. The number of carboxylic acid groups (broad SMARTS) is 1. The van der Waals surface area contributed by atoms with Gasteiger partial charge < -0.3 is 19.7 Å². The van der Waals surface area contributed by atoms with Crippen LogP contribution in [0.1, 0.15) is 56.6 Å². The Morgan fingerprint density at radius 2 is 1.81 bits per heavy atom. The van der Waals surface area contributed by atoms with Crippen LogP contribution in [0.3, 0.4) is 0 Å². The molecule has 2 aromatic heterocycles. The average Bonchev–Trinajstić information content (AvgIpc) is 3.53. The first-order valence-electron chi connectivity index (χ1n) is 11.4. The number of ketones is 1. The lowest BCUT2D eigenvalue weighted by molar-refractivity contribution is -0.116. The van der Waals surface area contributed by atoms with Crippen LogP contribution in [0.25, 0.3) is 16.6 Å². The summed E-state index contributed by atoms with van der Waals surface area (Å²) >= 11 is 1.38. The van der Waals surface area contributed by atoms with E-state index in [1.807, 2.05) is 11.4 Å². The number of esters is 1. The molecule has 0 unspecified atom stereocenters. The van der Waals surface area contributed by atoms with Crippen LogP contribution in [0.15, 0.2) is 66.2 Å². The third kappa shape index (κ3) is 5.52. The molecule has 36 heavy (non-hydrogen) atoms. The van der Waals surface area contributed by atoms with Gasteiger partial charge in [0.25, 0.3) is 0 Å². The molecule has 0 atom stereocenters. The monoisotopic (exact) mass is 504 g/mol. The summed E-state index contributed by atoms with van der Waals surface area (Å²) < 4.78 is 6.72. The molecule has 0 radical (unpaired) electrons. The van der Waals surface area contributed by atoms with Gasteiger partial charge in [0.1, 0.15) is 0 Å². The van der Waals surface area contributed by atoms with E-state index in [1.165, 1.54) is 17.5 Å². The maximum atomic E-state index is 12.4. The standard InChI is InChI=1S/C27H24N2O6S/c1-2-35-27(34)17-8-11-19(12-9-17)29-16-21(26(32)33)20-15-18(10-13-22(20)29)28-25(31)7-3-5-23(30)24-6-4-14-36-24/h4,6,8-16H,2-3,5,7H2,1H3,(H,28,31)(H,32,33). The average molecular weight is 505 g/mol. The number of hydrogen-bond donors (Lipinski definition) is 2. The fraction of sp³-hybridized carbons (Fsp3) is 0.185. The molecule has 0 aliphatic rings. The normalized spacial score (nSPS) is 10.8. The van der Waals surface area contributed by atoms with Crippen molar-refractivity contribution in [2.45, 2.75) is 26.2 Å². The first-order chi connectivity index (χ1) is 17.4. The van der Waals surface area contributed by atoms with Gasteiger partial charge >= 0.3 is 11.9 Å². The molecule has 2 aromatic carbocycles. The molecular formula is C27H24N2O6S. The number of thiophene rings is 1. The van der Waals surface area contributed by atoms with Crippen LogP contribution in [0, 0.1) is 0 Å². The predicted molar refractivity (Wildman–Crippen MR) is 137 cm³/mol. The number of Topliss-reactive ketones (excluding diaryl/α,β-unsaturated/α-hetero) is 1. The highest BCUT2D eigenvalue weighted by atomic mass is 32.1. The van der Waals surface area contributed by atoms with E-state index in [-0.39, 0.29) is 36.7 Å². The Labute approximate surface area is 211 Å². The van der Waals surface area contributed by atoms with E-state index in [1.54, 1.807) is 60.0 Å². The number of aromatic carboxylic acids is 1. The molecular weight excluding hydrogens is 480 g/mol. The third-order valence-electron chi connectivity index (χ3n) is 5.58. The summed E-state index contributed by atoms with van der Waals surface area (Å²) in [5.41, 5.74) is 2.26. The number of carbonyl (C=O) groups excluding carboxylic acids is 3. The molecule has 0 saturated carbocycles. The van der Waals surface area contributed by atoms with Crippen molar-refractivity contribution in [3.63, 3.8) is 0 Å². The zero-order chi connectivity index (χ0) is 25.7. The van der Waals surface area contributed by atoms with Crippen molar-refractivity contribution in [2.24, 2.45) is 0 Å². The summed E-state index contributed by atoms with van der Waals surface area (Å²) in [4.78, 5) is 49.0. The number of ether oxygens (including phenoxy) is 1. The molecule has 2 N–H and O–H groups in total. The van der Waals surface area contributed by atoms with E-state index in [0.717, 1.165) is 0 Å². The predicted octanol–water partition coefficient (Wildman–Crippen LogP) is 5.56. The van der Waals surface area contributed by atoms with Crippen LogP contribution in [0.4, 0.5) is 5.69 Å². The minimum Gasteiger partial charge on any atom is -0.478 e. The molecule has 0 aliphatic heterocycles. The number of nitrogens with zero attached hydrogens (tertiary/aromatic N) is 1. The molecule has 0 saturated heterocycles. The van der Waals surface area contributed by atoms with Gasteiger partial charge in [0, 0.05) is 35.8 Å². The lowest BCUT2D eigenvalue weighted by Gasteiger charge is -2.09. The second-order valence-electron chi connectivity index (χ2n) is 8.02. The van der Waals surface area contributed by atoms with Crippen molar-refractivity contribution in [3.8, 4) is 5.69 Å². The Morgan fingerprint density at radius 3 is 2.47 bits per heavy atom. The fourth-order valence-electron chi connectivity index (χ4n) is 3.86. The van der Waals surface area contributed by atoms with Gasteiger partial charge in [-0.2, -0.15) is 0 Å². The number of carbonyl (C=O) groups is 4. The van der Waals surface area contributed by atoms with Crippen LogP contribution in [0.5, 0.6) is 0 Å². The van der Waals surface area contributed by atoms with E-state index in [2.05, 4.69) is 5.32 Å². The largest absolute Gasteiger partial charge is 0.478 e. The van der Waals surface area contributed by atoms with E-state index >= 15 is 0 Å². The summed E-state index contributed by atoms with van der Waals surface area (Å²) in [5.74, 6) is -1.76. The van der Waals surface area contributed by atoms with Crippen molar-refractivity contribution >= 4 is 51.6 Å². The Morgan fingerprint density at radius 1 is 1.03 bits per heavy atom. The molecule has 2 heterocycles. The van der Waals surface area contributed by atoms with Crippen LogP contribution in [-0.2, 0) is 9.53 Å². The Kier molecular flexibility index (Phi) is 7.60. The highest BCUT2D eigenvalue weighted by Crippen LogP contribution is 2.28. The van der Waals surface area contributed by atoms with Crippen LogP contribution < -0.4 is 5.32 Å². The van der Waals surface area contributed by atoms with Crippen LogP contribution in [-0.4, -0.2) is 39.9 Å².